The molecule has 1 aromatic heterocycles. The molecule has 0 spiro atoms. The Bertz CT molecular complexity index is 1160. The molecule has 3 aromatic carbocycles. The zero-order chi connectivity index (χ0) is 18.1. The summed E-state index contributed by atoms with van der Waals surface area (Å²) in [6.45, 7) is 1.97. The molecule has 0 bridgehead atoms. The van der Waals surface area contributed by atoms with Crippen molar-refractivity contribution in [2.45, 2.75) is 6.92 Å². The van der Waals surface area contributed by atoms with E-state index in [4.69, 9.17) is 32.6 Å². The lowest BCUT2D eigenvalue weighted by atomic mass is 10.1. The van der Waals surface area contributed by atoms with Gasteiger partial charge in [-0.3, -0.25) is 0 Å². The van der Waals surface area contributed by atoms with Crippen LogP contribution in [0.1, 0.15) is 5.56 Å². The molecule has 0 aliphatic heterocycles. The molecule has 4 heteroatoms. The summed E-state index contributed by atoms with van der Waals surface area (Å²) in [5.74, 6) is 0.748. The van der Waals surface area contributed by atoms with E-state index in [0.29, 0.717) is 10.0 Å². The maximum absolute atomic E-state index is 6.25. The second-order valence-corrected chi connectivity index (χ2v) is 6.89. The number of nitrogens with zero attached hydrogens (tertiary/aromatic N) is 1. The summed E-state index contributed by atoms with van der Waals surface area (Å²) in [6.07, 6.45) is 0. The lowest BCUT2D eigenvalue weighted by Crippen LogP contribution is -2.03. The first-order valence-corrected chi connectivity index (χ1v) is 8.95. The highest BCUT2D eigenvalue weighted by molar-refractivity contribution is 6.31. The quantitative estimate of drug-likeness (QED) is 0.370. The number of hydrogen-bond donors (Lipinski definition) is 0. The molecule has 128 valence electrons. The van der Waals surface area contributed by atoms with Crippen LogP contribution in [0.25, 0.3) is 22.3 Å². The zero-order valence-corrected chi connectivity index (χ0v) is 15.6. The van der Waals surface area contributed by atoms with Crippen molar-refractivity contribution in [3.63, 3.8) is 0 Å². The van der Waals surface area contributed by atoms with E-state index in [1.807, 2.05) is 79.7 Å². The van der Waals surface area contributed by atoms with Crippen LogP contribution in [0.2, 0.25) is 10.0 Å². The van der Waals surface area contributed by atoms with Gasteiger partial charge >= 0.3 is 0 Å². The van der Waals surface area contributed by atoms with E-state index in [9.17, 15) is 0 Å². The van der Waals surface area contributed by atoms with Gasteiger partial charge in [0.15, 0.2) is 0 Å². The summed E-state index contributed by atoms with van der Waals surface area (Å²) in [5.41, 5.74) is 3.52. The topological polar surface area (TPSA) is 25.5 Å². The van der Waals surface area contributed by atoms with E-state index in [-0.39, 0.29) is 0 Å². The van der Waals surface area contributed by atoms with E-state index in [1.165, 1.54) is 0 Å². The third-order valence-electron chi connectivity index (χ3n) is 4.17. The summed E-state index contributed by atoms with van der Waals surface area (Å²) in [7, 11) is 0. The normalized spacial score (nSPS) is 11.9. The highest BCUT2D eigenvalue weighted by Crippen LogP contribution is 2.26. The first kappa shape index (κ1) is 16.9. The van der Waals surface area contributed by atoms with E-state index in [2.05, 4.69) is 0 Å². The molecule has 1 heterocycles. The zero-order valence-electron chi connectivity index (χ0n) is 14.0. The second kappa shape index (κ2) is 6.99. The SMILES string of the molecule is Cc1ccc(N=c2cc(-c3ccccc3)oc3ccc(Cl)cc23)cc1Cl. The highest BCUT2D eigenvalue weighted by Gasteiger charge is 2.07. The monoisotopic (exact) mass is 379 g/mol. The van der Waals surface area contributed by atoms with E-state index < -0.39 is 0 Å². The largest absolute Gasteiger partial charge is 0.456 e. The second-order valence-electron chi connectivity index (χ2n) is 6.05. The summed E-state index contributed by atoms with van der Waals surface area (Å²) >= 11 is 12.4. The van der Waals surface area contributed by atoms with Crippen LogP contribution in [-0.4, -0.2) is 0 Å². The van der Waals surface area contributed by atoms with Gasteiger partial charge in [0.25, 0.3) is 0 Å². The van der Waals surface area contributed by atoms with E-state index in [1.54, 1.807) is 0 Å². The summed E-state index contributed by atoms with van der Waals surface area (Å²) in [5, 5.41) is 2.97. The maximum atomic E-state index is 6.25. The average molecular weight is 380 g/mol. The Hall–Kier alpha value is -2.55. The first-order valence-electron chi connectivity index (χ1n) is 8.20. The van der Waals surface area contributed by atoms with Crippen molar-refractivity contribution in [2.75, 3.05) is 0 Å². The smallest absolute Gasteiger partial charge is 0.136 e. The number of halogens is 2. The maximum Gasteiger partial charge on any atom is 0.136 e. The van der Waals surface area contributed by atoms with Gasteiger partial charge in [-0.1, -0.05) is 59.6 Å². The van der Waals surface area contributed by atoms with Gasteiger partial charge in [0, 0.05) is 27.1 Å². The highest BCUT2D eigenvalue weighted by atomic mass is 35.5. The van der Waals surface area contributed by atoms with Gasteiger partial charge < -0.3 is 4.42 Å². The van der Waals surface area contributed by atoms with Gasteiger partial charge in [-0.05, 0) is 42.8 Å². The molecule has 0 atom stereocenters. The molecule has 0 fully saturated rings. The van der Waals surface area contributed by atoms with Crippen molar-refractivity contribution in [1.82, 2.24) is 0 Å². The first-order chi connectivity index (χ1) is 12.6. The molecule has 4 rings (SSSR count). The lowest BCUT2D eigenvalue weighted by Gasteiger charge is -2.06. The molecular formula is C22H15Cl2NO. The van der Waals surface area contributed by atoms with Crippen molar-refractivity contribution in [1.29, 1.82) is 0 Å². The van der Waals surface area contributed by atoms with Crippen LogP contribution >= 0.6 is 23.2 Å². The predicted molar refractivity (Wildman–Crippen MR) is 108 cm³/mol. The minimum atomic E-state index is 0.638. The number of rotatable bonds is 2. The fourth-order valence-corrected chi connectivity index (χ4v) is 3.12. The lowest BCUT2D eigenvalue weighted by molar-refractivity contribution is 0.618. The van der Waals surface area contributed by atoms with Gasteiger partial charge in [-0.25, -0.2) is 4.99 Å². The van der Waals surface area contributed by atoms with Crippen molar-refractivity contribution < 1.29 is 4.42 Å². The summed E-state index contributed by atoms with van der Waals surface area (Å²) in [4.78, 5) is 4.80. The van der Waals surface area contributed by atoms with Crippen LogP contribution < -0.4 is 5.36 Å². The van der Waals surface area contributed by atoms with Crippen LogP contribution in [0.4, 0.5) is 5.69 Å². The molecule has 2 nitrogen and oxygen atoms in total. The Morgan fingerprint density at radius 1 is 0.846 bits per heavy atom. The molecule has 26 heavy (non-hydrogen) atoms. The fourth-order valence-electron chi connectivity index (χ4n) is 2.77. The standard InChI is InChI=1S/C22H15Cl2NO/c1-14-7-9-17(12-19(14)24)25-20-13-22(15-5-3-2-4-6-15)26-21-10-8-16(23)11-18(20)21/h2-13H,1H3. The van der Waals surface area contributed by atoms with E-state index >= 15 is 0 Å². The summed E-state index contributed by atoms with van der Waals surface area (Å²) < 4.78 is 6.08. The van der Waals surface area contributed by atoms with Crippen LogP contribution in [-0.2, 0) is 0 Å². The predicted octanol–water partition coefficient (Wildman–Crippen LogP) is 6.95. The van der Waals surface area contributed by atoms with Crippen molar-refractivity contribution in [3.8, 4) is 11.3 Å². The minimum absolute atomic E-state index is 0.638. The molecule has 0 amide bonds. The third kappa shape index (κ3) is 3.39. The van der Waals surface area contributed by atoms with Crippen LogP contribution in [0, 0.1) is 6.92 Å². The summed E-state index contributed by atoms with van der Waals surface area (Å²) in [6, 6.07) is 23.2. The molecule has 0 aliphatic carbocycles. The third-order valence-corrected chi connectivity index (χ3v) is 4.81. The number of benzene rings is 3. The fraction of sp³-hybridized carbons (Fsp3) is 0.0455. The van der Waals surface area contributed by atoms with Crippen molar-refractivity contribution in [3.05, 3.63) is 93.8 Å². The number of aryl methyl sites for hydroxylation is 1. The Labute approximate surface area is 161 Å². The molecule has 0 radical (unpaired) electrons. The Morgan fingerprint density at radius 3 is 2.42 bits per heavy atom. The van der Waals surface area contributed by atoms with Crippen molar-refractivity contribution >= 4 is 39.9 Å². The Balaban J connectivity index is 2.00. The van der Waals surface area contributed by atoms with Gasteiger partial charge in [-0.2, -0.15) is 0 Å². The number of hydrogen-bond acceptors (Lipinski definition) is 2. The number of fused-ring (bicyclic) bond motifs is 1. The minimum Gasteiger partial charge on any atom is -0.456 e. The van der Waals surface area contributed by atoms with Gasteiger partial charge in [-0.15, -0.1) is 0 Å². The molecule has 0 unspecified atom stereocenters. The Morgan fingerprint density at radius 2 is 1.65 bits per heavy atom. The van der Waals surface area contributed by atoms with Crippen LogP contribution in [0.3, 0.4) is 0 Å². The molecule has 4 aromatic rings. The Kier molecular flexibility index (Phi) is 4.54. The van der Waals surface area contributed by atoms with Gasteiger partial charge in [0.1, 0.15) is 11.3 Å². The van der Waals surface area contributed by atoms with Gasteiger partial charge in [0.2, 0.25) is 0 Å². The van der Waals surface area contributed by atoms with E-state index in [0.717, 1.165) is 38.9 Å². The van der Waals surface area contributed by atoms with Crippen molar-refractivity contribution in [2.24, 2.45) is 4.99 Å². The molecule has 0 saturated carbocycles. The molecular weight excluding hydrogens is 365 g/mol. The average Bonchev–Trinajstić information content (AvgIpc) is 2.65. The van der Waals surface area contributed by atoms with Crippen LogP contribution in [0.15, 0.2) is 82.2 Å². The molecule has 0 aliphatic rings. The molecule has 0 N–H and O–H groups in total. The molecule has 0 saturated heterocycles. The van der Waals surface area contributed by atoms with Crippen LogP contribution in [0.5, 0.6) is 0 Å². The van der Waals surface area contributed by atoms with Gasteiger partial charge in [0.05, 0.1) is 11.0 Å².